The van der Waals surface area contributed by atoms with Crippen molar-refractivity contribution in [1.29, 1.82) is 0 Å². The molecule has 0 aromatic heterocycles. The minimum Gasteiger partial charge on any atom is -0.478 e. The molecular formula is C11H16N2O2. The van der Waals surface area contributed by atoms with Gasteiger partial charge in [0.1, 0.15) is 0 Å². The Hall–Kier alpha value is -1.71. The fourth-order valence-corrected chi connectivity index (χ4v) is 1.47. The first-order chi connectivity index (χ1) is 6.73. The maximum Gasteiger partial charge on any atom is 0.337 e. The Morgan fingerprint density at radius 2 is 1.73 bits per heavy atom. The van der Waals surface area contributed by atoms with E-state index in [9.17, 15) is 4.79 Å². The lowest BCUT2D eigenvalue weighted by Crippen LogP contribution is -2.16. The predicted molar refractivity (Wildman–Crippen MR) is 60.9 cm³/mol. The number of carboxylic acid groups (broad SMARTS) is 1. The molecule has 1 aromatic rings. The summed E-state index contributed by atoms with van der Waals surface area (Å²) in [6.45, 7) is 6.00. The molecule has 15 heavy (non-hydrogen) atoms. The van der Waals surface area contributed by atoms with Crippen molar-refractivity contribution in [1.82, 2.24) is 0 Å². The summed E-state index contributed by atoms with van der Waals surface area (Å²) in [6, 6.07) is 3.05. The first-order valence-electron chi connectivity index (χ1n) is 4.66. The second-order valence-electron chi connectivity index (χ2n) is 4.58. The van der Waals surface area contributed by atoms with Gasteiger partial charge < -0.3 is 16.6 Å². The van der Waals surface area contributed by atoms with E-state index in [1.807, 2.05) is 20.8 Å². The molecule has 4 nitrogen and oxygen atoms in total. The number of carbonyl (C=O) groups is 1. The highest BCUT2D eigenvalue weighted by molar-refractivity contribution is 5.95. The second kappa shape index (κ2) is 3.46. The molecule has 0 saturated heterocycles. The van der Waals surface area contributed by atoms with Gasteiger partial charge in [-0.3, -0.25) is 0 Å². The number of carboxylic acids is 1. The summed E-state index contributed by atoms with van der Waals surface area (Å²) < 4.78 is 0. The summed E-state index contributed by atoms with van der Waals surface area (Å²) in [7, 11) is 0. The van der Waals surface area contributed by atoms with Crippen LogP contribution < -0.4 is 11.5 Å². The van der Waals surface area contributed by atoms with E-state index in [2.05, 4.69) is 0 Å². The molecule has 5 N–H and O–H groups in total. The van der Waals surface area contributed by atoms with Crippen LogP contribution in [0.25, 0.3) is 0 Å². The Balaban J connectivity index is 3.39. The minimum absolute atomic E-state index is 0.0560. The normalized spacial score (nSPS) is 11.4. The van der Waals surface area contributed by atoms with Crippen molar-refractivity contribution < 1.29 is 9.90 Å². The Bertz CT molecular complexity index is 406. The first-order valence-corrected chi connectivity index (χ1v) is 4.66. The Morgan fingerprint density at radius 3 is 2.13 bits per heavy atom. The van der Waals surface area contributed by atoms with E-state index < -0.39 is 5.97 Å². The van der Waals surface area contributed by atoms with Crippen molar-refractivity contribution in [2.45, 2.75) is 26.2 Å². The van der Waals surface area contributed by atoms with Crippen LogP contribution in [0.5, 0.6) is 0 Å². The number of nitrogen functional groups attached to an aromatic ring is 2. The van der Waals surface area contributed by atoms with Gasteiger partial charge in [0, 0.05) is 11.4 Å². The zero-order valence-corrected chi connectivity index (χ0v) is 9.16. The van der Waals surface area contributed by atoms with Crippen molar-refractivity contribution in [2.24, 2.45) is 0 Å². The third-order valence-electron chi connectivity index (χ3n) is 2.26. The lowest BCUT2D eigenvalue weighted by atomic mass is 9.85. The monoisotopic (exact) mass is 208 g/mol. The average Bonchev–Trinajstić information content (AvgIpc) is 2.06. The molecule has 0 aliphatic rings. The van der Waals surface area contributed by atoms with Gasteiger partial charge in [-0.05, 0) is 23.1 Å². The largest absolute Gasteiger partial charge is 0.478 e. The van der Waals surface area contributed by atoms with Crippen LogP contribution in [-0.2, 0) is 5.41 Å². The number of hydrogen-bond acceptors (Lipinski definition) is 3. The molecule has 0 amide bonds. The van der Waals surface area contributed by atoms with Crippen LogP contribution >= 0.6 is 0 Å². The number of hydrogen-bond donors (Lipinski definition) is 3. The van der Waals surface area contributed by atoms with Gasteiger partial charge >= 0.3 is 5.97 Å². The average molecular weight is 208 g/mol. The van der Waals surface area contributed by atoms with Crippen molar-refractivity contribution in [3.63, 3.8) is 0 Å². The highest BCUT2D eigenvalue weighted by atomic mass is 16.4. The van der Waals surface area contributed by atoms with Crippen LogP contribution in [0.1, 0.15) is 36.7 Å². The van der Waals surface area contributed by atoms with Crippen LogP contribution in [-0.4, -0.2) is 11.1 Å². The molecule has 82 valence electrons. The molecule has 1 aromatic carbocycles. The van der Waals surface area contributed by atoms with E-state index >= 15 is 0 Å². The highest BCUT2D eigenvalue weighted by Crippen LogP contribution is 2.31. The fourth-order valence-electron chi connectivity index (χ4n) is 1.47. The molecule has 0 atom stereocenters. The zero-order chi connectivity index (χ0) is 11.8. The van der Waals surface area contributed by atoms with Crippen molar-refractivity contribution in [3.05, 3.63) is 23.3 Å². The standard InChI is InChI=1S/C11H16N2O2/c1-11(2,3)7-5-8(12)6(10(14)15)4-9(7)13/h4-5H,12-13H2,1-3H3,(H,14,15). The summed E-state index contributed by atoms with van der Waals surface area (Å²) in [5.41, 5.74) is 12.9. The zero-order valence-electron chi connectivity index (χ0n) is 9.16. The molecule has 0 radical (unpaired) electrons. The van der Waals surface area contributed by atoms with Crippen LogP contribution in [0.2, 0.25) is 0 Å². The van der Waals surface area contributed by atoms with E-state index in [1.165, 1.54) is 6.07 Å². The number of nitrogens with two attached hydrogens (primary N) is 2. The minimum atomic E-state index is -1.06. The molecule has 0 spiro atoms. The third kappa shape index (κ3) is 2.21. The van der Waals surface area contributed by atoms with Gasteiger partial charge in [-0.1, -0.05) is 20.8 Å². The molecule has 0 bridgehead atoms. The molecule has 0 aliphatic heterocycles. The van der Waals surface area contributed by atoms with Gasteiger partial charge in [-0.2, -0.15) is 0 Å². The van der Waals surface area contributed by atoms with Gasteiger partial charge in [-0.25, -0.2) is 4.79 Å². The molecule has 4 heteroatoms. The smallest absolute Gasteiger partial charge is 0.337 e. The lowest BCUT2D eigenvalue weighted by molar-refractivity contribution is 0.0698. The number of anilines is 2. The fraction of sp³-hybridized carbons (Fsp3) is 0.364. The van der Waals surface area contributed by atoms with Crippen LogP contribution in [0.15, 0.2) is 12.1 Å². The van der Waals surface area contributed by atoms with Gasteiger partial charge in [0.2, 0.25) is 0 Å². The van der Waals surface area contributed by atoms with Gasteiger partial charge in [0.25, 0.3) is 0 Å². The summed E-state index contributed by atoms with van der Waals surface area (Å²) in [5.74, 6) is -1.06. The summed E-state index contributed by atoms with van der Waals surface area (Å²) >= 11 is 0. The Labute approximate surface area is 88.9 Å². The van der Waals surface area contributed by atoms with Crippen LogP contribution in [0, 0.1) is 0 Å². The van der Waals surface area contributed by atoms with Gasteiger partial charge in [-0.15, -0.1) is 0 Å². The van der Waals surface area contributed by atoms with Crippen molar-refractivity contribution >= 4 is 17.3 Å². The van der Waals surface area contributed by atoms with Crippen LogP contribution in [0.4, 0.5) is 11.4 Å². The van der Waals surface area contributed by atoms with Crippen molar-refractivity contribution in [3.8, 4) is 0 Å². The topological polar surface area (TPSA) is 89.3 Å². The summed E-state index contributed by atoms with van der Waals surface area (Å²) in [6.07, 6.45) is 0. The van der Waals surface area contributed by atoms with E-state index in [1.54, 1.807) is 6.07 Å². The molecule has 1 rings (SSSR count). The Morgan fingerprint density at radius 1 is 1.20 bits per heavy atom. The van der Waals surface area contributed by atoms with E-state index in [0.717, 1.165) is 5.56 Å². The molecular weight excluding hydrogens is 192 g/mol. The maximum atomic E-state index is 10.8. The number of benzene rings is 1. The first kappa shape index (κ1) is 11.4. The second-order valence-corrected chi connectivity index (χ2v) is 4.58. The van der Waals surface area contributed by atoms with Crippen LogP contribution in [0.3, 0.4) is 0 Å². The van der Waals surface area contributed by atoms with E-state index in [0.29, 0.717) is 5.69 Å². The Kier molecular flexibility index (Phi) is 2.62. The van der Waals surface area contributed by atoms with Gasteiger partial charge in [0.15, 0.2) is 0 Å². The predicted octanol–water partition coefficient (Wildman–Crippen LogP) is 1.85. The molecule has 0 fully saturated rings. The quantitative estimate of drug-likeness (QED) is 0.614. The summed E-state index contributed by atoms with van der Waals surface area (Å²) in [5, 5.41) is 8.85. The van der Waals surface area contributed by atoms with E-state index in [-0.39, 0.29) is 16.7 Å². The SMILES string of the molecule is CC(C)(C)c1cc(N)c(C(=O)O)cc1N. The van der Waals surface area contributed by atoms with Crippen molar-refractivity contribution in [2.75, 3.05) is 11.5 Å². The van der Waals surface area contributed by atoms with Gasteiger partial charge in [0.05, 0.1) is 5.56 Å². The highest BCUT2D eigenvalue weighted by Gasteiger charge is 2.20. The molecule has 0 heterocycles. The molecule has 0 aliphatic carbocycles. The lowest BCUT2D eigenvalue weighted by Gasteiger charge is -2.22. The number of rotatable bonds is 1. The van der Waals surface area contributed by atoms with E-state index in [4.69, 9.17) is 16.6 Å². The summed E-state index contributed by atoms with van der Waals surface area (Å²) in [4.78, 5) is 10.8. The third-order valence-corrected chi connectivity index (χ3v) is 2.26. The number of aromatic carboxylic acids is 1. The maximum absolute atomic E-state index is 10.8. The molecule has 0 saturated carbocycles. The molecule has 0 unspecified atom stereocenters.